The molecule has 3 heteroatoms. The minimum Gasteiger partial charge on any atom is -0.375 e. The Morgan fingerprint density at radius 2 is 1.82 bits per heavy atom. The van der Waals surface area contributed by atoms with Gasteiger partial charge in [-0.05, 0) is 13.8 Å². The molecule has 0 saturated heterocycles. The first-order chi connectivity index (χ1) is 4.49. The van der Waals surface area contributed by atoms with E-state index in [1.807, 2.05) is 13.8 Å². The zero-order valence-electron chi connectivity index (χ0n) is 6.23. The van der Waals surface area contributed by atoms with Gasteiger partial charge in [0.2, 0.25) is 0 Å². The van der Waals surface area contributed by atoms with E-state index < -0.39 is 5.92 Å². The molecule has 1 nitrogen and oxygen atoms in total. The quantitative estimate of drug-likeness (QED) is 0.613. The van der Waals surface area contributed by atoms with E-state index in [2.05, 4.69) is 0 Å². The Hall–Kier alpha value is -0.180. The van der Waals surface area contributed by atoms with E-state index in [9.17, 15) is 8.78 Å². The molecule has 0 aromatic heterocycles. The molecule has 0 amide bonds. The molecule has 1 aliphatic carbocycles. The molecule has 11 heavy (non-hydrogen) atoms. The van der Waals surface area contributed by atoms with Crippen LogP contribution in [0.25, 0.3) is 0 Å². The number of halogens is 2. The van der Waals surface area contributed by atoms with Gasteiger partial charge in [0.05, 0.1) is 12.2 Å². The molecule has 68 valence electrons. The predicted octanol–water partition coefficient (Wildman–Crippen LogP) is 2.85. The van der Waals surface area contributed by atoms with Crippen molar-refractivity contribution in [3.63, 3.8) is 0 Å². The lowest BCUT2D eigenvalue weighted by atomic mass is 9.91. The standard InChI is InChI=1S/C7H12F2O.CH4/c1-5(2)10-6-3-7(8,9)4-6;/h5-6H,3-4H2,1-2H3;1H4. The van der Waals surface area contributed by atoms with Crippen LogP contribution in [0.15, 0.2) is 0 Å². The Labute approximate surface area is 66.7 Å². The number of alkyl halides is 2. The summed E-state index contributed by atoms with van der Waals surface area (Å²) < 4.78 is 29.5. The molecule has 1 aliphatic rings. The molecular weight excluding hydrogens is 150 g/mol. The van der Waals surface area contributed by atoms with Gasteiger partial charge in [0, 0.05) is 12.8 Å². The van der Waals surface area contributed by atoms with E-state index in [-0.39, 0.29) is 32.5 Å². The summed E-state index contributed by atoms with van der Waals surface area (Å²) in [7, 11) is 0. The first-order valence-electron chi connectivity index (χ1n) is 3.53. The third kappa shape index (κ3) is 3.14. The topological polar surface area (TPSA) is 9.23 Å². The van der Waals surface area contributed by atoms with Gasteiger partial charge in [-0.2, -0.15) is 0 Å². The highest BCUT2D eigenvalue weighted by Crippen LogP contribution is 2.39. The van der Waals surface area contributed by atoms with Crippen molar-refractivity contribution < 1.29 is 13.5 Å². The summed E-state index contributed by atoms with van der Waals surface area (Å²) in [5.41, 5.74) is 0. The van der Waals surface area contributed by atoms with Crippen molar-refractivity contribution in [2.75, 3.05) is 0 Å². The van der Waals surface area contributed by atoms with E-state index in [0.29, 0.717) is 0 Å². The zero-order chi connectivity index (χ0) is 7.78. The highest BCUT2D eigenvalue weighted by molar-refractivity contribution is 4.87. The summed E-state index contributed by atoms with van der Waals surface area (Å²) in [5.74, 6) is -2.44. The molecule has 0 aliphatic heterocycles. The molecule has 0 atom stereocenters. The second-order valence-corrected chi connectivity index (χ2v) is 3.07. The third-order valence-corrected chi connectivity index (χ3v) is 1.52. The third-order valence-electron chi connectivity index (χ3n) is 1.52. The van der Waals surface area contributed by atoms with Gasteiger partial charge in [-0.15, -0.1) is 0 Å². The lowest BCUT2D eigenvalue weighted by Gasteiger charge is -2.35. The smallest absolute Gasteiger partial charge is 0.253 e. The summed E-state index contributed by atoms with van der Waals surface area (Å²) in [6.45, 7) is 3.72. The lowest BCUT2D eigenvalue weighted by Crippen LogP contribution is -2.42. The lowest BCUT2D eigenvalue weighted by molar-refractivity contribution is -0.176. The maximum Gasteiger partial charge on any atom is 0.253 e. The number of hydrogen-bond donors (Lipinski definition) is 0. The second kappa shape index (κ2) is 3.48. The maximum absolute atomic E-state index is 12.2. The van der Waals surface area contributed by atoms with Crippen LogP contribution >= 0.6 is 0 Å². The summed E-state index contributed by atoms with van der Waals surface area (Å²) in [6.07, 6.45) is -0.313. The minimum absolute atomic E-state index is 0. The molecule has 0 aromatic carbocycles. The average molecular weight is 166 g/mol. The Bertz CT molecular complexity index is 113. The monoisotopic (exact) mass is 166 g/mol. The fraction of sp³-hybridized carbons (Fsp3) is 1.00. The molecule has 1 fully saturated rings. The van der Waals surface area contributed by atoms with E-state index in [1.165, 1.54) is 0 Å². The molecule has 1 saturated carbocycles. The molecule has 0 bridgehead atoms. The highest BCUT2D eigenvalue weighted by atomic mass is 19.3. The van der Waals surface area contributed by atoms with Crippen LogP contribution < -0.4 is 0 Å². The summed E-state index contributed by atoms with van der Waals surface area (Å²) in [4.78, 5) is 0. The fourth-order valence-electron chi connectivity index (χ4n) is 1.09. The maximum atomic E-state index is 12.2. The SMILES string of the molecule is C.CC(C)OC1CC(F)(F)C1. The van der Waals surface area contributed by atoms with Gasteiger partial charge in [0.25, 0.3) is 5.92 Å². The van der Waals surface area contributed by atoms with E-state index >= 15 is 0 Å². The van der Waals surface area contributed by atoms with Gasteiger partial charge >= 0.3 is 0 Å². The van der Waals surface area contributed by atoms with Gasteiger partial charge < -0.3 is 4.74 Å². The van der Waals surface area contributed by atoms with Crippen molar-refractivity contribution in [1.82, 2.24) is 0 Å². The molecule has 0 N–H and O–H groups in total. The van der Waals surface area contributed by atoms with Crippen molar-refractivity contribution in [1.29, 1.82) is 0 Å². The normalized spacial score (nSPS) is 22.6. The van der Waals surface area contributed by atoms with Crippen molar-refractivity contribution in [3.05, 3.63) is 0 Å². The molecular formula is C8H16F2O. The fourth-order valence-corrected chi connectivity index (χ4v) is 1.09. The molecule has 1 rings (SSSR count). The largest absolute Gasteiger partial charge is 0.375 e. The first-order valence-corrected chi connectivity index (χ1v) is 3.53. The Morgan fingerprint density at radius 3 is 2.09 bits per heavy atom. The van der Waals surface area contributed by atoms with Crippen LogP contribution in [0, 0.1) is 0 Å². The van der Waals surface area contributed by atoms with E-state index in [1.54, 1.807) is 0 Å². The average Bonchev–Trinajstić information content (AvgIpc) is 1.57. The molecule has 0 unspecified atom stereocenters. The first kappa shape index (κ1) is 10.8. The van der Waals surface area contributed by atoms with Crippen molar-refractivity contribution in [2.24, 2.45) is 0 Å². The number of rotatable bonds is 2. The van der Waals surface area contributed by atoms with Gasteiger partial charge in [-0.1, -0.05) is 7.43 Å². The molecule has 0 aromatic rings. The van der Waals surface area contributed by atoms with Gasteiger partial charge in [-0.25, -0.2) is 8.78 Å². The Balaban J connectivity index is 0.000001000. The van der Waals surface area contributed by atoms with Crippen molar-refractivity contribution >= 4 is 0 Å². The second-order valence-electron chi connectivity index (χ2n) is 3.07. The Kier molecular flexibility index (Phi) is 3.42. The van der Waals surface area contributed by atoms with E-state index in [4.69, 9.17) is 4.74 Å². The van der Waals surface area contributed by atoms with Crippen LogP contribution in [-0.2, 0) is 4.74 Å². The Morgan fingerprint density at radius 1 is 1.36 bits per heavy atom. The summed E-state index contributed by atoms with van der Waals surface area (Å²) in [6, 6.07) is 0. The van der Waals surface area contributed by atoms with Crippen LogP contribution in [0.5, 0.6) is 0 Å². The molecule has 0 spiro atoms. The summed E-state index contributed by atoms with van der Waals surface area (Å²) >= 11 is 0. The number of hydrogen-bond acceptors (Lipinski definition) is 1. The van der Waals surface area contributed by atoms with E-state index in [0.717, 1.165) is 0 Å². The van der Waals surface area contributed by atoms with Crippen LogP contribution in [0.2, 0.25) is 0 Å². The molecule has 0 heterocycles. The van der Waals surface area contributed by atoms with Gasteiger partial charge in [0.1, 0.15) is 0 Å². The van der Waals surface area contributed by atoms with Gasteiger partial charge in [0.15, 0.2) is 0 Å². The van der Waals surface area contributed by atoms with Crippen LogP contribution in [-0.4, -0.2) is 18.1 Å². The minimum atomic E-state index is -2.44. The van der Waals surface area contributed by atoms with Crippen LogP contribution in [0.3, 0.4) is 0 Å². The van der Waals surface area contributed by atoms with Gasteiger partial charge in [-0.3, -0.25) is 0 Å². The predicted molar refractivity (Wildman–Crippen MR) is 40.9 cm³/mol. The highest BCUT2D eigenvalue weighted by Gasteiger charge is 2.46. The number of ether oxygens (including phenoxy) is 1. The zero-order valence-corrected chi connectivity index (χ0v) is 6.23. The summed E-state index contributed by atoms with van der Waals surface area (Å²) in [5, 5.41) is 0. The van der Waals surface area contributed by atoms with Crippen molar-refractivity contribution in [3.8, 4) is 0 Å². The molecule has 0 radical (unpaired) electrons. The van der Waals surface area contributed by atoms with Crippen molar-refractivity contribution in [2.45, 2.75) is 52.2 Å². The van der Waals surface area contributed by atoms with Crippen LogP contribution in [0.1, 0.15) is 34.1 Å². The van der Waals surface area contributed by atoms with Crippen LogP contribution in [0.4, 0.5) is 8.78 Å².